The zero-order valence-electron chi connectivity index (χ0n) is 13.5. The largest absolute Gasteiger partial charge is 0.384 e. The maximum absolute atomic E-state index is 7.96. The number of nitrogens with zero attached hydrogens (tertiary/aromatic N) is 4. The Morgan fingerprint density at radius 3 is 2.52 bits per heavy atom. The molecule has 2 heterocycles. The zero-order valence-corrected chi connectivity index (χ0v) is 13.5. The van der Waals surface area contributed by atoms with Crippen LogP contribution in [0.3, 0.4) is 0 Å². The van der Waals surface area contributed by atoms with Crippen LogP contribution < -0.4 is 10.6 Å². The van der Waals surface area contributed by atoms with E-state index in [1.165, 1.54) is 0 Å². The van der Waals surface area contributed by atoms with Crippen LogP contribution in [-0.4, -0.2) is 54.2 Å². The van der Waals surface area contributed by atoms with Crippen molar-refractivity contribution in [2.24, 2.45) is 5.73 Å². The average Bonchev–Trinajstić information content (AvgIpc) is 2.95. The molecule has 0 amide bonds. The fourth-order valence-corrected chi connectivity index (χ4v) is 3.02. The van der Waals surface area contributed by atoms with Gasteiger partial charge in [-0.2, -0.15) is 5.10 Å². The van der Waals surface area contributed by atoms with Crippen molar-refractivity contribution in [1.29, 1.82) is 5.41 Å². The van der Waals surface area contributed by atoms with Crippen LogP contribution in [0.2, 0.25) is 0 Å². The average molecular weight is 290 g/mol. The lowest BCUT2D eigenvalue weighted by molar-refractivity contribution is 0.315. The number of aryl methyl sites for hydroxylation is 1. The lowest BCUT2D eigenvalue weighted by Crippen LogP contribution is -2.33. The van der Waals surface area contributed by atoms with Gasteiger partial charge in [0.25, 0.3) is 0 Å². The van der Waals surface area contributed by atoms with E-state index in [0.29, 0.717) is 6.04 Å². The van der Waals surface area contributed by atoms with E-state index in [-0.39, 0.29) is 5.84 Å². The Kier molecular flexibility index (Phi) is 4.77. The fourth-order valence-electron chi connectivity index (χ4n) is 3.02. The predicted molar refractivity (Wildman–Crippen MR) is 86.1 cm³/mol. The number of hydrogen-bond donors (Lipinski definition) is 2. The van der Waals surface area contributed by atoms with E-state index in [2.05, 4.69) is 47.9 Å². The molecule has 1 fully saturated rings. The van der Waals surface area contributed by atoms with Gasteiger partial charge in [0.1, 0.15) is 5.84 Å². The lowest BCUT2D eigenvalue weighted by Gasteiger charge is -2.24. The van der Waals surface area contributed by atoms with Crippen molar-refractivity contribution in [2.45, 2.75) is 39.2 Å². The Morgan fingerprint density at radius 2 is 2.05 bits per heavy atom. The van der Waals surface area contributed by atoms with Crippen LogP contribution in [0.15, 0.2) is 0 Å². The number of nitrogen functional groups attached to an aromatic ring is 1. The Bertz CT molecular complexity index is 525. The maximum Gasteiger partial charge on any atom is 0.162 e. The summed E-state index contributed by atoms with van der Waals surface area (Å²) < 4.78 is 0. The van der Waals surface area contributed by atoms with Gasteiger partial charge in [0.05, 0.1) is 11.3 Å². The summed E-state index contributed by atoms with van der Waals surface area (Å²) in [6.07, 6.45) is 2.74. The molecule has 0 saturated carbocycles. The molecule has 0 bridgehead atoms. The molecule has 1 saturated heterocycles. The van der Waals surface area contributed by atoms with E-state index < -0.39 is 0 Å². The van der Waals surface area contributed by atoms with Crippen molar-refractivity contribution >= 4 is 11.7 Å². The standard InChI is InChI=1S/C15H26N6/c1-5-11-12(6-2)18-19-15(13(11)14(16)17)21-8-7-10(9-21)20(3)4/h10H,5-9H2,1-4H3,(H3,16,17). The number of hydrogen-bond acceptors (Lipinski definition) is 5. The summed E-state index contributed by atoms with van der Waals surface area (Å²) in [5, 5.41) is 16.7. The summed E-state index contributed by atoms with van der Waals surface area (Å²) in [4.78, 5) is 4.45. The van der Waals surface area contributed by atoms with E-state index >= 15 is 0 Å². The fraction of sp³-hybridized carbons (Fsp3) is 0.667. The molecule has 0 spiro atoms. The third-order valence-electron chi connectivity index (χ3n) is 4.29. The van der Waals surface area contributed by atoms with Crippen molar-refractivity contribution in [1.82, 2.24) is 15.1 Å². The van der Waals surface area contributed by atoms with E-state index in [1.807, 2.05) is 0 Å². The third kappa shape index (κ3) is 3.00. The summed E-state index contributed by atoms with van der Waals surface area (Å²) in [5.74, 6) is 0.876. The second-order valence-corrected chi connectivity index (χ2v) is 5.80. The third-order valence-corrected chi connectivity index (χ3v) is 4.29. The minimum Gasteiger partial charge on any atom is -0.384 e. The van der Waals surface area contributed by atoms with Crippen LogP contribution >= 0.6 is 0 Å². The van der Waals surface area contributed by atoms with Crippen LogP contribution in [0.4, 0.5) is 5.82 Å². The SMILES string of the molecule is CCc1nnc(N2CCC(N(C)C)C2)c(C(=N)N)c1CC. The maximum atomic E-state index is 7.96. The Balaban J connectivity index is 2.42. The first kappa shape index (κ1) is 15.7. The highest BCUT2D eigenvalue weighted by molar-refractivity contribution is 6.01. The molecule has 6 heteroatoms. The number of nitrogens with two attached hydrogens (primary N) is 1. The topological polar surface area (TPSA) is 82.1 Å². The van der Waals surface area contributed by atoms with E-state index in [4.69, 9.17) is 11.1 Å². The second kappa shape index (κ2) is 6.39. The Labute approximate surface area is 126 Å². The number of rotatable bonds is 5. The first-order chi connectivity index (χ1) is 9.99. The Morgan fingerprint density at radius 1 is 1.33 bits per heavy atom. The first-order valence-electron chi connectivity index (χ1n) is 7.63. The van der Waals surface area contributed by atoms with E-state index in [1.54, 1.807) is 0 Å². The van der Waals surface area contributed by atoms with Crippen molar-refractivity contribution in [3.05, 3.63) is 16.8 Å². The highest BCUT2D eigenvalue weighted by Crippen LogP contribution is 2.27. The van der Waals surface area contributed by atoms with Gasteiger partial charge in [-0.3, -0.25) is 5.41 Å². The Hall–Kier alpha value is -1.69. The molecule has 1 aliphatic rings. The van der Waals surface area contributed by atoms with Gasteiger partial charge in [0, 0.05) is 19.1 Å². The molecule has 1 aliphatic heterocycles. The number of aromatic nitrogens is 2. The molecule has 116 valence electrons. The van der Waals surface area contributed by atoms with Crippen molar-refractivity contribution < 1.29 is 0 Å². The number of likely N-dealkylation sites (N-methyl/N-ethyl adjacent to an activating group) is 1. The first-order valence-corrected chi connectivity index (χ1v) is 7.63. The smallest absolute Gasteiger partial charge is 0.162 e. The van der Waals surface area contributed by atoms with Gasteiger partial charge in [-0.15, -0.1) is 5.10 Å². The monoisotopic (exact) mass is 290 g/mol. The number of amidine groups is 1. The van der Waals surface area contributed by atoms with Crippen LogP contribution in [0.5, 0.6) is 0 Å². The molecule has 0 aromatic carbocycles. The predicted octanol–water partition coefficient (Wildman–Crippen LogP) is 1.03. The van der Waals surface area contributed by atoms with Gasteiger partial charge in [0.2, 0.25) is 0 Å². The molecule has 1 aromatic rings. The van der Waals surface area contributed by atoms with Gasteiger partial charge < -0.3 is 15.5 Å². The quantitative estimate of drug-likeness (QED) is 0.625. The van der Waals surface area contributed by atoms with Gasteiger partial charge in [-0.1, -0.05) is 13.8 Å². The van der Waals surface area contributed by atoms with E-state index in [0.717, 1.165) is 55.0 Å². The molecular formula is C15H26N6. The van der Waals surface area contributed by atoms with Gasteiger partial charge in [-0.05, 0) is 38.9 Å². The summed E-state index contributed by atoms with van der Waals surface area (Å²) in [7, 11) is 4.20. The van der Waals surface area contributed by atoms with Crippen LogP contribution in [0.1, 0.15) is 37.1 Å². The molecular weight excluding hydrogens is 264 g/mol. The molecule has 0 aliphatic carbocycles. The van der Waals surface area contributed by atoms with Gasteiger partial charge in [0.15, 0.2) is 5.82 Å². The van der Waals surface area contributed by atoms with Crippen molar-refractivity contribution in [3.8, 4) is 0 Å². The highest BCUT2D eigenvalue weighted by Gasteiger charge is 2.29. The molecule has 0 radical (unpaired) electrons. The highest BCUT2D eigenvalue weighted by atomic mass is 15.3. The van der Waals surface area contributed by atoms with Crippen LogP contribution in [0, 0.1) is 5.41 Å². The molecule has 2 rings (SSSR count). The molecule has 1 unspecified atom stereocenters. The molecule has 1 atom stereocenters. The van der Waals surface area contributed by atoms with Gasteiger partial charge in [-0.25, -0.2) is 0 Å². The minimum absolute atomic E-state index is 0.0970. The normalized spacial score (nSPS) is 18.5. The molecule has 6 nitrogen and oxygen atoms in total. The van der Waals surface area contributed by atoms with Crippen LogP contribution in [0.25, 0.3) is 0 Å². The molecule has 1 aromatic heterocycles. The van der Waals surface area contributed by atoms with Crippen LogP contribution in [-0.2, 0) is 12.8 Å². The van der Waals surface area contributed by atoms with Crippen molar-refractivity contribution in [2.75, 3.05) is 32.1 Å². The molecule has 21 heavy (non-hydrogen) atoms. The minimum atomic E-state index is 0.0970. The van der Waals surface area contributed by atoms with Crippen molar-refractivity contribution in [3.63, 3.8) is 0 Å². The molecule has 3 N–H and O–H groups in total. The zero-order chi connectivity index (χ0) is 15.6. The summed E-state index contributed by atoms with van der Waals surface area (Å²) >= 11 is 0. The summed E-state index contributed by atoms with van der Waals surface area (Å²) in [6, 6.07) is 0.516. The van der Waals surface area contributed by atoms with E-state index in [9.17, 15) is 0 Å². The second-order valence-electron chi connectivity index (χ2n) is 5.80. The summed E-state index contributed by atoms with van der Waals surface area (Å²) in [6.45, 7) is 5.99. The number of anilines is 1. The summed E-state index contributed by atoms with van der Waals surface area (Å²) in [5.41, 5.74) is 8.66. The number of nitrogens with one attached hydrogen (secondary N) is 1. The van der Waals surface area contributed by atoms with Gasteiger partial charge >= 0.3 is 0 Å². The lowest BCUT2D eigenvalue weighted by atomic mass is 10.0.